The molecule has 0 aromatic heterocycles. The van der Waals surface area contributed by atoms with Crippen LogP contribution in [-0.4, -0.2) is 24.8 Å². The normalized spacial score (nSPS) is 12.3. The van der Waals surface area contributed by atoms with E-state index < -0.39 is 6.10 Å². The van der Waals surface area contributed by atoms with Crippen molar-refractivity contribution in [3.63, 3.8) is 0 Å². The number of aliphatic hydroxyl groups excluding tert-OH is 1. The molecule has 0 heterocycles. The largest absolute Gasteiger partial charge is 0.494 e. The van der Waals surface area contributed by atoms with Crippen molar-refractivity contribution in [2.24, 2.45) is 0 Å². The first-order valence-electron chi connectivity index (χ1n) is 7.89. The highest BCUT2D eigenvalue weighted by Gasteiger charge is 2.06. The molecule has 1 rings (SSSR count). The lowest BCUT2D eigenvalue weighted by Gasteiger charge is -2.13. The number of benzene rings is 1. The van der Waals surface area contributed by atoms with Gasteiger partial charge in [-0.15, -0.1) is 0 Å². The monoisotopic (exact) mass is 279 g/mol. The fourth-order valence-corrected chi connectivity index (χ4v) is 2.04. The van der Waals surface area contributed by atoms with Gasteiger partial charge >= 0.3 is 0 Å². The Labute approximate surface area is 123 Å². The summed E-state index contributed by atoms with van der Waals surface area (Å²) >= 11 is 0. The summed E-state index contributed by atoms with van der Waals surface area (Å²) in [4.78, 5) is 0. The Kier molecular flexibility index (Phi) is 9.09. The standard InChI is InChI=1S/C17H29NO2/c1-3-5-6-7-12-18-14-17(19)15-8-10-16(11-9-15)20-13-4-2/h8-11,17-19H,3-7,12-14H2,1-2H3. The SMILES string of the molecule is CCCCCCNCC(O)c1ccc(OCCC)cc1. The molecule has 20 heavy (non-hydrogen) atoms. The molecule has 1 atom stereocenters. The third-order valence-corrected chi connectivity index (χ3v) is 3.28. The van der Waals surface area contributed by atoms with Crippen LogP contribution >= 0.6 is 0 Å². The Balaban J connectivity index is 2.23. The van der Waals surface area contributed by atoms with E-state index in [1.807, 2.05) is 24.3 Å². The number of aliphatic hydroxyl groups is 1. The van der Waals surface area contributed by atoms with Crippen LogP contribution in [0.5, 0.6) is 5.75 Å². The zero-order valence-corrected chi connectivity index (χ0v) is 12.9. The van der Waals surface area contributed by atoms with Crippen molar-refractivity contribution >= 4 is 0 Å². The first-order chi connectivity index (χ1) is 9.77. The van der Waals surface area contributed by atoms with Crippen LogP contribution in [0.2, 0.25) is 0 Å². The molecule has 0 bridgehead atoms. The van der Waals surface area contributed by atoms with Gasteiger partial charge in [0.25, 0.3) is 0 Å². The van der Waals surface area contributed by atoms with E-state index in [2.05, 4.69) is 19.2 Å². The molecule has 0 radical (unpaired) electrons. The smallest absolute Gasteiger partial charge is 0.119 e. The minimum absolute atomic E-state index is 0.443. The molecule has 3 nitrogen and oxygen atoms in total. The number of hydrogen-bond acceptors (Lipinski definition) is 3. The third-order valence-electron chi connectivity index (χ3n) is 3.28. The lowest BCUT2D eigenvalue weighted by molar-refractivity contribution is 0.174. The van der Waals surface area contributed by atoms with Crippen LogP contribution in [0.1, 0.15) is 57.6 Å². The minimum Gasteiger partial charge on any atom is -0.494 e. The van der Waals surface area contributed by atoms with Gasteiger partial charge in [-0.05, 0) is 37.1 Å². The molecule has 1 unspecified atom stereocenters. The summed E-state index contributed by atoms with van der Waals surface area (Å²) < 4.78 is 5.53. The molecule has 114 valence electrons. The Bertz CT molecular complexity index is 337. The molecule has 0 aliphatic carbocycles. The van der Waals surface area contributed by atoms with Crippen molar-refractivity contribution < 1.29 is 9.84 Å². The second-order valence-electron chi connectivity index (χ2n) is 5.20. The number of unbranched alkanes of at least 4 members (excludes halogenated alkanes) is 3. The van der Waals surface area contributed by atoms with Crippen LogP contribution in [0.3, 0.4) is 0 Å². The van der Waals surface area contributed by atoms with Crippen LogP contribution in [-0.2, 0) is 0 Å². The van der Waals surface area contributed by atoms with Crippen LogP contribution in [0.25, 0.3) is 0 Å². The molecule has 0 fully saturated rings. The van der Waals surface area contributed by atoms with Gasteiger partial charge in [0.2, 0.25) is 0 Å². The number of hydrogen-bond donors (Lipinski definition) is 2. The van der Waals surface area contributed by atoms with Gasteiger partial charge in [-0.3, -0.25) is 0 Å². The summed E-state index contributed by atoms with van der Waals surface area (Å²) in [6.45, 7) is 6.63. The summed E-state index contributed by atoms with van der Waals surface area (Å²) in [7, 11) is 0. The Morgan fingerprint density at radius 2 is 1.80 bits per heavy atom. The lowest BCUT2D eigenvalue weighted by Crippen LogP contribution is -2.22. The van der Waals surface area contributed by atoms with Gasteiger partial charge < -0.3 is 15.2 Å². The first-order valence-corrected chi connectivity index (χ1v) is 7.89. The van der Waals surface area contributed by atoms with Gasteiger partial charge in [0.05, 0.1) is 12.7 Å². The molecule has 3 heteroatoms. The lowest BCUT2D eigenvalue weighted by atomic mass is 10.1. The number of ether oxygens (including phenoxy) is 1. The predicted molar refractivity (Wildman–Crippen MR) is 84.2 cm³/mol. The van der Waals surface area contributed by atoms with Crippen molar-refractivity contribution in [1.29, 1.82) is 0 Å². The van der Waals surface area contributed by atoms with Gasteiger partial charge in [-0.2, -0.15) is 0 Å². The van der Waals surface area contributed by atoms with E-state index in [1.165, 1.54) is 25.7 Å². The minimum atomic E-state index is -0.443. The third kappa shape index (κ3) is 6.92. The highest BCUT2D eigenvalue weighted by atomic mass is 16.5. The van der Waals surface area contributed by atoms with Crippen molar-refractivity contribution in [2.45, 2.75) is 52.1 Å². The maximum atomic E-state index is 10.1. The molecule has 0 amide bonds. The highest BCUT2D eigenvalue weighted by molar-refractivity contribution is 5.28. The first kappa shape index (κ1) is 17.0. The zero-order valence-electron chi connectivity index (χ0n) is 12.9. The second-order valence-corrected chi connectivity index (χ2v) is 5.20. The quantitative estimate of drug-likeness (QED) is 0.607. The summed E-state index contributed by atoms with van der Waals surface area (Å²) in [5.74, 6) is 0.871. The van der Waals surface area contributed by atoms with Crippen molar-refractivity contribution in [3.05, 3.63) is 29.8 Å². The van der Waals surface area contributed by atoms with Crippen LogP contribution in [0, 0.1) is 0 Å². The van der Waals surface area contributed by atoms with Gasteiger partial charge in [-0.1, -0.05) is 45.2 Å². The van der Waals surface area contributed by atoms with Gasteiger partial charge in [0.15, 0.2) is 0 Å². The maximum Gasteiger partial charge on any atom is 0.119 e. The van der Waals surface area contributed by atoms with E-state index in [-0.39, 0.29) is 0 Å². The predicted octanol–water partition coefficient (Wildman–Crippen LogP) is 3.68. The molecule has 0 spiro atoms. The van der Waals surface area contributed by atoms with E-state index in [0.717, 1.165) is 30.9 Å². The Morgan fingerprint density at radius 1 is 1.05 bits per heavy atom. The summed E-state index contributed by atoms with van der Waals surface area (Å²) in [5, 5.41) is 13.4. The average molecular weight is 279 g/mol. The van der Waals surface area contributed by atoms with Crippen LogP contribution in [0.15, 0.2) is 24.3 Å². The molecular formula is C17H29NO2. The molecule has 0 aliphatic heterocycles. The fourth-order valence-electron chi connectivity index (χ4n) is 2.04. The number of rotatable bonds is 11. The summed E-state index contributed by atoms with van der Waals surface area (Å²) in [5.41, 5.74) is 0.940. The van der Waals surface area contributed by atoms with E-state index in [9.17, 15) is 5.11 Å². The molecule has 0 saturated heterocycles. The van der Waals surface area contributed by atoms with Crippen LogP contribution in [0.4, 0.5) is 0 Å². The topological polar surface area (TPSA) is 41.5 Å². The van der Waals surface area contributed by atoms with E-state index in [1.54, 1.807) is 0 Å². The molecular weight excluding hydrogens is 250 g/mol. The van der Waals surface area contributed by atoms with E-state index in [0.29, 0.717) is 6.54 Å². The molecule has 2 N–H and O–H groups in total. The summed E-state index contributed by atoms with van der Waals surface area (Å²) in [6, 6.07) is 7.73. The maximum absolute atomic E-state index is 10.1. The fraction of sp³-hybridized carbons (Fsp3) is 0.647. The summed E-state index contributed by atoms with van der Waals surface area (Å²) in [6.07, 6.45) is 5.57. The Hall–Kier alpha value is -1.06. The number of nitrogens with one attached hydrogen (secondary N) is 1. The Morgan fingerprint density at radius 3 is 2.45 bits per heavy atom. The molecule has 0 saturated carbocycles. The van der Waals surface area contributed by atoms with Gasteiger partial charge in [-0.25, -0.2) is 0 Å². The molecule has 1 aromatic rings. The van der Waals surface area contributed by atoms with Crippen molar-refractivity contribution in [1.82, 2.24) is 5.32 Å². The van der Waals surface area contributed by atoms with Crippen LogP contribution < -0.4 is 10.1 Å². The molecule has 1 aromatic carbocycles. The zero-order chi connectivity index (χ0) is 14.6. The van der Waals surface area contributed by atoms with E-state index in [4.69, 9.17) is 4.74 Å². The average Bonchev–Trinajstić information content (AvgIpc) is 2.49. The van der Waals surface area contributed by atoms with Crippen molar-refractivity contribution in [2.75, 3.05) is 19.7 Å². The molecule has 0 aliphatic rings. The van der Waals surface area contributed by atoms with Crippen molar-refractivity contribution in [3.8, 4) is 5.75 Å². The van der Waals surface area contributed by atoms with Gasteiger partial charge in [0, 0.05) is 6.54 Å². The second kappa shape index (κ2) is 10.7. The van der Waals surface area contributed by atoms with E-state index >= 15 is 0 Å². The highest BCUT2D eigenvalue weighted by Crippen LogP contribution is 2.17. The van der Waals surface area contributed by atoms with Gasteiger partial charge in [0.1, 0.15) is 5.75 Å².